The van der Waals surface area contributed by atoms with Crippen molar-refractivity contribution < 1.29 is 23.8 Å². The minimum atomic E-state index is -0.0150. The van der Waals surface area contributed by atoms with Gasteiger partial charge in [0.2, 0.25) is 11.8 Å². The molecule has 0 aromatic carbocycles. The number of amides is 2. The normalized spacial score (nSPS) is 10.5. The second-order valence-corrected chi connectivity index (χ2v) is 5.63. The number of alkyl halides is 2. The Morgan fingerprint density at radius 2 is 1.00 bits per heavy atom. The SMILES string of the molecule is O=C(CBr)NCCCOCCOCCOCCCNC(=O)CBr. The molecular weight excluding hydrogens is 436 g/mol. The Hall–Kier alpha value is -0.220. The summed E-state index contributed by atoms with van der Waals surface area (Å²) in [5.41, 5.74) is 0. The minimum absolute atomic E-state index is 0.0150. The molecule has 0 aromatic rings. The molecule has 0 aliphatic heterocycles. The first kappa shape index (κ1) is 22.8. The van der Waals surface area contributed by atoms with Crippen LogP contribution in [-0.2, 0) is 23.8 Å². The molecule has 0 spiro atoms. The van der Waals surface area contributed by atoms with E-state index in [9.17, 15) is 9.59 Å². The first-order valence-corrected chi connectivity index (χ1v) is 9.83. The fourth-order valence-electron chi connectivity index (χ4n) is 1.44. The molecule has 7 nitrogen and oxygen atoms in total. The van der Waals surface area contributed by atoms with Gasteiger partial charge >= 0.3 is 0 Å². The molecule has 0 rings (SSSR count). The Labute approximate surface area is 154 Å². The monoisotopic (exact) mass is 460 g/mol. The number of hydrogen-bond acceptors (Lipinski definition) is 5. The van der Waals surface area contributed by atoms with Gasteiger partial charge in [0.1, 0.15) is 0 Å². The van der Waals surface area contributed by atoms with Crippen molar-refractivity contribution in [2.24, 2.45) is 0 Å². The summed E-state index contributed by atoms with van der Waals surface area (Å²) in [4.78, 5) is 21.8. The van der Waals surface area contributed by atoms with Crippen molar-refractivity contribution in [1.29, 1.82) is 0 Å². The average Bonchev–Trinajstić information content (AvgIpc) is 2.57. The maximum absolute atomic E-state index is 10.9. The number of hydrogen-bond donors (Lipinski definition) is 2. The van der Waals surface area contributed by atoms with Crippen LogP contribution in [0.4, 0.5) is 0 Å². The molecule has 0 bridgehead atoms. The Bertz CT molecular complexity index is 281. The van der Waals surface area contributed by atoms with Crippen LogP contribution in [0, 0.1) is 0 Å². The van der Waals surface area contributed by atoms with Crippen LogP contribution < -0.4 is 10.6 Å². The van der Waals surface area contributed by atoms with Crippen LogP contribution in [0.25, 0.3) is 0 Å². The predicted molar refractivity (Wildman–Crippen MR) is 95.3 cm³/mol. The lowest BCUT2D eigenvalue weighted by Crippen LogP contribution is -2.26. The van der Waals surface area contributed by atoms with Gasteiger partial charge in [-0.3, -0.25) is 9.59 Å². The van der Waals surface area contributed by atoms with Crippen LogP contribution in [0.3, 0.4) is 0 Å². The molecule has 0 fully saturated rings. The maximum Gasteiger partial charge on any atom is 0.230 e. The number of rotatable bonds is 16. The highest BCUT2D eigenvalue weighted by atomic mass is 79.9. The minimum Gasteiger partial charge on any atom is -0.379 e. The van der Waals surface area contributed by atoms with E-state index >= 15 is 0 Å². The topological polar surface area (TPSA) is 85.9 Å². The molecule has 9 heteroatoms. The highest BCUT2D eigenvalue weighted by molar-refractivity contribution is 9.09. The average molecular weight is 462 g/mol. The van der Waals surface area contributed by atoms with Crippen molar-refractivity contribution in [2.45, 2.75) is 12.8 Å². The summed E-state index contributed by atoms with van der Waals surface area (Å²) >= 11 is 6.15. The standard InChI is InChI=1S/C14H26Br2N2O5/c15-11-13(19)17-3-1-5-21-7-9-23-10-8-22-6-2-4-18-14(20)12-16/h1-12H2,(H,17,19)(H,18,20). The molecule has 2 amide bonds. The van der Waals surface area contributed by atoms with Crippen LogP contribution in [0.1, 0.15) is 12.8 Å². The van der Waals surface area contributed by atoms with Gasteiger partial charge in [-0.2, -0.15) is 0 Å². The van der Waals surface area contributed by atoms with Crippen molar-refractivity contribution in [1.82, 2.24) is 10.6 Å². The number of halogens is 2. The summed E-state index contributed by atoms with van der Waals surface area (Å²) in [7, 11) is 0. The lowest BCUT2D eigenvalue weighted by Gasteiger charge is -2.07. The number of carbonyl (C=O) groups is 2. The van der Waals surface area contributed by atoms with Gasteiger partial charge in [0.25, 0.3) is 0 Å². The zero-order chi connectivity index (χ0) is 17.2. The second kappa shape index (κ2) is 18.1. The van der Waals surface area contributed by atoms with Gasteiger partial charge in [-0.1, -0.05) is 31.9 Å². The van der Waals surface area contributed by atoms with Gasteiger partial charge in [0, 0.05) is 26.3 Å². The van der Waals surface area contributed by atoms with E-state index in [1.165, 1.54) is 0 Å². The second-order valence-electron chi connectivity index (χ2n) is 4.51. The van der Waals surface area contributed by atoms with Crippen LogP contribution >= 0.6 is 31.9 Å². The van der Waals surface area contributed by atoms with Gasteiger partial charge in [0.15, 0.2) is 0 Å². The van der Waals surface area contributed by atoms with E-state index < -0.39 is 0 Å². The Balaban J connectivity index is 3.05. The van der Waals surface area contributed by atoms with E-state index in [0.29, 0.717) is 63.4 Å². The van der Waals surface area contributed by atoms with Gasteiger partial charge in [-0.05, 0) is 12.8 Å². The molecule has 0 aliphatic carbocycles. The van der Waals surface area contributed by atoms with Gasteiger partial charge in [-0.25, -0.2) is 0 Å². The molecule has 0 radical (unpaired) electrons. The smallest absolute Gasteiger partial charge is 0.230 e. The van der Waals surface area contributed by atoms with Gasteiger partial charge < -0.3 is 24.8 Å². The maximum atomic E-state index is 10.9. The van der Waals surface area contributed by atoms with Crippen molar-refractivity contribution in [3.8, 4) is 0 Å². The fraction of sp³-hybridized carbons (Fsp3) is 0.857. The van der Waals surface area contributed by atoms with E-state index in [-0.39, 0.29) is 11.8 Å². The molecule has 0 saturated carbocycles. The lowest BCUT2D eigenvalue weighted by atomic mass is 10.4. The quantitative estimate of drug-likeness (QED) is 0.263. The van der Waals surface area contributed by atoms with Gasteiger partial charge in [-0.15, -0.1) is 0 Å². The number of ether oxygens (including phenoxy) is 3. The summed E-state index contributed by atoms with van der Waals surface area (Å²) in [6, 6.07) is 0. The third-order valence-corrected chi connectivity index (χ3v) is 3.58. The predicted octanol–water partition coefficient (Wildman–Crippen LogP) is 0.839. The lowest BCUT2D eigenvalue weighted by molar-refractivity contribution is -0.119. The molecule has 2 N–H and O–H groups in total. The van der Waals surface area contributed by atoms with E-state index in [0.717, 1.165) is 12.8 Å². The first-order valence-electron chi connectivity index (χ1n) is 7.59. The third-order valence-electron chi connectivity index (χ3n) is 2.56. The molecule has 0 atom stereocenters. The molecule has 0 heterocycles. The fourth-order valence-corrected chi connectivity index (χ4v) is 1.84. The van der Waals surface area contributed by atoms with Crippen molar-refractivity contribution in [3.63, 3.8) is 0 Å². The Morgan fingerprint density at radius 1 is 0.652 bits per heavy atom. The Kier molecular flexibility index (Phi) is 18.0. The summed E-state index contributed by atoms with van der Waals surface area (Å²) in [5.74, 6) is -0.0299. The molecule has 0 aromatic heterocycles. The van der Waals surface area contributed by atoms with Crippen molar-refractivity contribution in [2.75, 3.05) is 63.4 Å². The molecule has 0 unspecified atom stereocenters. The highest BCUT2D eigenvalue weighted by Crippen LogP contribution is 1.87. The number of nitrogens with one attached hydrogen (secondary N) is 2. The first-order chi connectivity index (χ1) is 11.2. The number of carbonyl (C=O) groups excluding carboxylic acids is 2. The third kappa shape index (κ3) is 18.0. The zero-order valence-corrected chi connectivity index (χ0v) is 16.5. The summed E-state index contributed by atoms with van der Waals surface area (Å²) in [5, 5.41) is 6.14. The molecule has 0 aliphatic rings. The highest BCUT2D eigenvalue weighted by Gasteiger charge is 1.97. The molecular formula is C14H26Br2N2O5. The van der Waals surface area contributed by atoms with Crippen molar-refractivity contribution in [3.05, 3.63) is 0 Å². The summed E-state index contributed by atoms with van der Waals surface area (Å²) in [6.07, 6.45) is 1.57. The molecule has 136 valence electrons. The van der Waals surface area contributed by atoms with Crippen LogP contribution in [-0.4, -0.2) is 75.2 Å². The van der Waals surface area contributed by atoms with Crippen molar-refractivity contribution >= 4 is 43.7 Å². The van der Waals surface area contributed by atoms with Gasteiger partial charge in [0.05, 0.1) is 37.1 Å². The van der Waals surface area contributed by atoms with Crippen LogP contribution in [0.5, 0.6) is 0 Å². The Morgan fingerprint density at radius 3 is 1.35 bits per heavy atom. The van der Waals surface area contributed by atoms with Crippen LogP contribution in [0.15, 0.2) is 0 Å². The zero-order valence-electron chi connectivity index (χ0n) is 13.3. The largest absolute Gasteiger partial charge is 0.379 e. The van der Waals surface area contributed by atoms with E-state index in [2.05, 4.69) is 42.5 Å². The molecule has 0 saturated heterocycles. The summed E-state index contributed by atoms with van der Waals surface area (Å²) in [6.45, 7) is 4.56. The van der Waals surface area contributed by atoms with E-state index in [1.54, 1.807) is 0 Å². The molecule has 23 heavy (non-hydrogen) atoms. The van der Waals surface area contributed by atoms with E-state index in [4.69, 9.17) is 14.2 Å². The van der Waals surface area contributed by atoms with E-state index in [1.807, 2.05) is 0 Å². The summed E-state index contributed by atoms with van der Waals surface area (Å²) < 4.78 is 16.1. The van der Waals surface area contributed by atoms with Crippen LogP contribution in [0.2, 0.25) is 0 Å².